The van der Waals surface area contributed by atoms with Crippen LogP contribution in [0, 0.1) is 0 Å². The normalized spacial score (nSPS) is 23.2. The molecule has 0 aliphatic carbocycles. The fraction of sp³-hybridized carbons (Fsp3) is 0.679. The molecule has 4 aromatic rings. The summed E-state index contributed by atoms with van der Waals surface area (Å²) in [5, 5.41) is 21.0. The number of rotatable bonds is 13. The minimum atomic E-state index is -1.44. The molecule has 1 saturated heterocycles. The van der Waals surface area contributed by atoms with Crippen LogP contribution >= 0.6 is 46.4 Å². The number of anilines is 4. The van der Waals surface area contributed by atoms with Gasteiger partial charge in [0, 0.05) is 35.7 Å². The Bertz CT molecular complexity index is 4500. The van der Waals surface area contributed by atoms with Gasteiger partial charge in [-0.15, -0.1) is 0 Å². The minimum Gasteiger partial charge on any atom is -0.443 e. The largest absolute Gasteiger partial charge is 0.443 e. The van der Waals surface area contributed by atoms with E-state index in [2.05, 4.69) is 38.8 Å². The smallest absolute Gasteiger partial charge is 0.414 e. The zero-order valence-corrected chi connectivity index (χ0v) is 78.8. The van der Waals surface area contributed by atoms with Gasteiger partial charge in [-0.05, 0) is 239 Å². The highest BCUT2D eigenvalue weighted by molar-refractivity contribution is 7.85. The Labute approximate surface area is 708 Å². The summed E-state index contributed by atoms with van der Waals surface area (Å²) in [6.45, 7) is 58.8. The third-order valence-corrected chi connectivity index (χ3v) is 26.0. The van der Waals surface area contributed by atoms with Gasteiger partial charge in [-0.3, -0.25) is 24.4 Å². The van der Waals surface area contributed by atoms with Gasteiger partial charge in [0.15, 0.2) is 26.4 Å². The molecule has 11 atom stereocenters. The molecule has 4 aromatic heterocycles. The molecule has 9 heterocycles. The summed E-state index contributed by atoms with van der Waals surface area (Å²) in [4.78, 5) is 86.2. The van der Waals surface area contributed by atoms with E-state index in [0.29, 0.717) is 57.4 Å². The quantitative estimate of drug-likeness (QED) is 0.0283. The van der Waals surface area contributed by atoms with Crippen LogP contribution in [0.1, 0.15) is 277 Å². The topological polar surface area (TPSA) is 382 Å². The van der Waals surface area contributed by atoms with Gasteiger partial charge in [0.1, 0.15) is 39.3 Å². The summed E-state index contributed by atoms with van der Waals surface area (Å²) < 4.78 is 89.7. The molecular formula is C78H121Cl4N13O16S4. The molecule has 9 rings (SSSR count). The number of ketones is 1. The lowest BCUT2D eigenvalue weighted by molar-refractivity contribution is 0.0567. The fourth-order valence-electron chi connectivity index (χ4n) is 11.7. The zero-order valence-electron chi connectivity index (χ0n) is 72.5. The third kappa shape index (κ3) is 24.1. The van der Waals surface area contributed by atoms with E-state index in [4.69, 9.17) is 75.8 Å². The summed E-state index contributed by atoms with van der Waals surface area (Å²) in [6.07, 6.45) is -3.08. The first kappa shape index (κ1) is 98.6. The van der Waals surface area contributed by atoms with E-state index in [9.17, 15) is 51.0 Å². The van der Waals surface area contributed by atoms with Crippen LogP contribution in [0.2, 0.25) is 20.6 Å². The number of fused-ring (bicyclic) bond motifs is 4. The third-order valence-electron chi connectivity index (χ3n) is 18.0. The van der Waals surface area contributed by atoms with Crippen LogP contribution in [0.25, 0.3) is 0 Å². The van der Waals surface area contributed by atoms with Crippen molar-refractivity contribution in [2.45, 2.75) is 302 Å². The number of aliphatic hydroxyl groups excluding tert-OH is 1. The lowest BCUT2D eigenvalue weighted by Gasteiger charge is -2.31. The molecule has 5 aliphatic heterocycles. The van der Waals surface area contributed by atoms with Crippen molar-refractivity contribution in [1.82, 2.24) is 38.8 Å². The van der Waals surface area contributed by atoms with Gasteiger partial charge in [0.2, 0.25) is 0 Å². The van der Waals surface area contributed by atoms with Gasteiger partial charge in [-0.1, -0.05) is 46.4 Å². The molecule has 7 unspecified atom stereocenters. The molecule has 29 nitrogen and oxygen atoms in total. The van der Waals surface area contributed by atoms with Gasteiger partial charge in [-0.2, -0.15) is 0 Å². The fourth-order valence-corrected chi connectivity index (χ4v) is 16.4. The van der Waals surface area contributed by atoms with Gasteiger partial charge in [0.05, 0.1) is 164 Å². The van der Waals surface area contributed by atoms with Crippen molar-refractivity contribution in [2.75, 3.05) is 58.9 Å². The van der Waals surface area contributed by atoms with Crippen molar-refractivity contribution in [3.05, 3.63) is 89.9 Å². The van der Waals surface area contributed by atoms with E-state index >= 15 is 0 Å². The Hall–Kier alpha value is -5.21. The first-order valence-corrected chi connectivity index (χ1v) is 43.6. The van der Waals surface area contributed by atoms with Crippen LogP contribution in [-0.4, -0.2) is 158 Å². The summed E-state index contributed by atoms with van der Waals surface area (Å²) in [5.74, 6) is -0.250. The highest BCUT2D eigenvalue weighted by Crippen LogP contribution is 2.51. The molecule has 8 N–H and O–H groups in total. The standard InChI is InChI=1S/C20H33ClN4O4S.C20H30ClN3O4S.C19H30ClN3O4S.C19H28ClN3O4S/c1-17(2,3)29-16(26)25-11-19(7,24-30(28)18(4,5)6)12-9-13(20(8,27)10-22)23-15(21)14(12)25;1-17(2,3)28-16(25)24-10-19(7,23-29(26)18(4,5)6)12-9-13(20(8)11-27-20)22-15(21)14(12)24;2*1-11(24)13-9-12-14(15(20)21-13)23(16(25)27-17(2,3)4)10-19(12,8)22-28(26)18(5,6)7/h9,24,27H,10-11,22H2,1-8H3;9,23H,10-11H2,1-8H3;9,11,22,24H,10H2,1-8H3;9,22H,10H2,1-8H3/t19-,20?,30?;19-,20?,29?;11?,19-,28?;19-,28?/m0000/s1. The molecule has 646 valence electrons. The summed E-state index contributed by atoms with van der Waals surface area (Å²) in [5.41, 5.74) is 3.30. The van der Waals surface area contributed by atoms with Gasteiger partial charge >= 0.3 is 24.4 Å². The van der Waals surface area contributed by atoms with Crippen molar-refractivity contribution < 1.29 is 74.7 Å². The number of hydrogen-bond donors (Lipinski definition) is 7. The molecule has 37 heteroatoms. The molecule has 5 aliphatic rings. The Morgan fingerprint density at radius 3 is 0.991 bits per heavy atom. The van der Waals surface area contributed by atoms with Crippen LogP contribution in [0.5, 0.6) is 0 Å². The van der Waals surface area contributed by atoms with Crippen LogP contribution in [0.15, 0.2) is 24.3 Å². The number of pyridine rings is 4. The monoisotopic (exact) mass is 1760 g/mol. The number of Topliss-reactive ketones (excluding diaryl/α,β-unsaturated/α-hetero) is 1. The van der Waals surface area contributed by atoms with E-state index in [1.54, 1.807) is 87.4 Å². The predicted molar refractivity (Wildman–Crippen MR) is 457 cm³/mol. The maximum atomic E-state index is 12.9. The molecule has 0 aromatic carbocycles. The molecule has 4 amide bonds. The first-order valence-electron chi connectivity index (χ1n) is 37.5. The maximum absolute atomic E-state index is 12.9. The molecule has 1 fully saturated rings. The average Bonchev–Trinajstić information content (AvgIpc) is 1.59. The number of amides is 4. The predicted octanol–water partition coefficient (Wildman–Crippen LogP) is 14.7. The second-order valence-corrected chi connectivity index (χ2v) is 47.9. The Kier molecular flexibility index (Phi) is 29.5. The second-order valence-electron chi connectivity index (χ2n) is 38.6. The Morgan fingerprint density at radius 1 is 0.470 bits per heavy atom. The van der Waals surface area contributed by atoms with E-state index in [1.165, 1.54) is 33.4 Å². The number of aromatic nitrogens is 4. The van der Waals surface area contributed by atoms with E-state index in [1.807, 2.05) is 145 Å². The van der Waals surface area contributed by atoms with Gasteiger partial charge in [0.25, 0.3) is 0 Å². The number of hydrogen-bond acceptors (Lipinski definition) is 21. The van der Waals surface area contributed by atoms with Gasteiger partial charge < -0.3 is 39.6 Å². The molecule has 0 radical (unpaired) electrons. The van der Waals surface area contributed by atoms with Crippen LogP contribution in [0.3, 0.4) is 0 Å². The van der Waals surface area contributed by atoms with E-state index < -0.39 is 149 Å². The molecular weight excluding hydrogens is 1650 g/mol. The van der Waals surface area contributed by atoms with Crippen LogP contribution in [0.4, 0.5) is 41.9 Å². The van der Waals surface area contributed by atoms with Crippen LogP contribution in [-0.2, 0) is 101 Å². The Balaban J connectivity index is 0.000000239. The number of carbonyl (C=O) groups is 5. The molecule has 0 saturated carbocycles. The average molecular weight is 1770 g/mol. The first-order chi connectivity index (χ1) is 51.6. The van der Waals surface area contributed by atoms with Crippen LogP contribution < -0.4 is 44.2 Å². The zero-order chi connectivity index (χ0) is 88.6. The van der Waals surface area contributed by atoms with Gasteiger partial charge in [-0.25, -0.2) is 74.8 Å². The Morgan fingerprint density at radius 2 is 0.730 bits per heavy atom. The number of carbonyl (C=O) groups excluding carboxylic acids is 5. The number of aliphatic hydroxyl groups is 2. The SMILES string of the molecule is CC(=O)c1cc2c(c(Cl)n1)N(C(=O)OC(C)(C)C)C[C@]2(C)NS(=O)C(C)(C)C.CC(C)(C)OC(=O)N1C[C@](C)(NS(=O)C(C)(C)C)c2cc(C(C)(O)CN)nc(Cl)c21.CC(C)(C)OC(=O)N1C[C@](C)(NS(=O)C(C)(C)C)c2cc(C3(C)CO3)nc(Cl)c21.CC(O)c1cc2c(c(Cl)n1)N(C(=O)OC(C)(C)C)C[C@]2(C)NS(=O)C(C)(C)C. The molecule has 0 bridgehead atoms. The number of nitrogens with one attached hydrogen (secondary N) is 4. The van der Waals surface area contributed by atoms with E-state index in [-0.39, 0.29) is 70.5 Å². The minimum absolute atomic E-state index is 0.0284. The number of epoxide rings is 1. The highest BCUT2D eigenvalue weighted by atomic mass is 35.5. The van der Waals surface area contributed by atoms with E-state index in [0.717, 1.165) is 5.56 Å². The summed E-state index contributed by atoms with van der Waals surface area (Å²) >= 11 is 25.8. The maximum Gasteiger partial charge on any atom is 0.414 e. The van der Waals surface area contributed by atoms with Crippen molar-refractivity contribution in [3.8, 4) is 0 Å². The lowest BCUT2D eigenvalue weighted by atomic mass is 9.92. The van der Waals surface area contributed by atoms with Crippen molar-refractivity contribution in [1.29, 1.82) is 0 Å². The number of halogens is 4. The lowest BCUT2D eigenvalue weighted by Crippen LogP contribution is -2.50. The summed E-state index contributed by atoms with van der Waals surface area (Å²) in [6, 6.07) is 6.85. The van der Waals surface area contributed by atoms with Crippen molar-refractivity contribution in [2.24, 2.45) is 5.73 Å². The number of nitrogens with zero attached hydrogens (tertiary/aromatic N) is 8. The van der Waals surface area contributed by atoms with Crippen molar-refractivity contribution in [3.63, 3.8) is 0 Å². The molecule has 115 heavy (non-hydrogen) atoms. The molecule has 0 spiro atoms. The number of nitrogens with two attached hydrogens (primary N) is 1. The second kappa shape index (κ2) is 34.4. The van der Waals surface area contributed by atoms with Crippen molar-refractivity contribution >= 4 is 143 Å². The summed E-state index contributed by atoms with van der Waals surface area (Å²) in [7, 11) is -5.62. The number of ether oxygens (including phenoxy) is 5. The highest BCUT2D eigenvalue weighted by Gasteiger charge is 2.54.